The highest BCUT2D eigenvalue weighted by Crippen LogP contribution is 2.26. The van der Waals surface area contributed by atoms with Gasteiger partial charge in [-0.1, -0.05) is 24.3 Å². The molecular formula is C17H16N2O3. The van der Waals surface area contributed by atoms with Gasteiger partial charge in [-0.15, -0.1) is 0 Å². The first-order valence-corrected chi connectivity index (χ1v) is 7.18. The number of fused-ring (bicyclic) bond motifs is 1. The maximum atomic E-state index is 10.6. The largest absolute Gasteiger partial charge is 0.371 e. The second-order valence-corrected chi connectivity index (χ2v) is 5.15. The number of rotatable bonds is 4. The van der Waals surface area contributed by atoms with Gasteiger partial charge in [0.1, 0.15) is 6.10 Å². The van der Waals surface area contributed by atoms with E-state index in [0.29, 0.717) is 13.2 Å². The number of nitrogens with zero attached hydrogens (tertiary/aromatic N) is 2. The minimum absolute atomic E-state index is 0.0146. The molecule has 0 amide bonds. The fraction of sp³-hybridized carbons (Fsp3) is 0.235. The Balaban J connectivity index is 1.66. The second kappa shape index (κ2) is 6.49. The molecule has 0 aliphatic carbocycles. The normalized spacial score (nSPS) is 17.4. The third kappa shape index (κ3) is 3.20. The van der Waals surface area contributed by atoms with Gasteiger partial charge in [0.15, 0.2) is 0 Å². The third-order valence-electron chi connectivity index (χ3n) is 3.71. The van der Waals surface area contributed by atoms with Crippen molar-refractivity contribution in [2.75, 3.05) is 13.2 Å². The van der Waals surface area contributed by atoms with Crippen LogP contribution in [-0.4, -0.2) is 24.3 Å². The van der Waals surface area contributed by atoms with E-state index < -0.39 is 4.92 Å². The van der Waals surface area contributed by atoms with Gasteiger partial charge in [0.05, 0.1) is 18.1 Å². The number of benzene rings is 2. The summed E-state index contributed by atoms with van der Waals surface area (Å²) in [5.74, 6) is 0. The zero-order valence-electron chi connectivity index (χ0n) is 12.0. The highest BCUT2D eigenvalue weighted by molar-refractivity contribution is 5.79. The Morgan fingerprint density at radius 2 is 2.00 bits per heavy atom. The van der Waals surface area contributed by atoms with Crippen molar-refractivity contribution >= 4 is 11.9 Å². The van der Waals surface area contributed by atoms with Gasteiger partial charge in [0.2, 0.25) is 0 Å². The van der Waals surface area contributed by atoms with Crippen molar-refractivity contribution < 1.29 is 9.66 Å². The smallest absolute Gasteiger partial charge is 0.269 e. The molecule has 0 spiro atoms. The van der Waals surface area contributed by atoms with E-state index in [-0.39, 0.29) is 11.8 Å². The van der Waals surface area contributed by atoms with Crippen molar-refractivity contribution in [3.05, 3.63) is 75.3 Å². The summed E-state index contributed by atoms with van der Waals surface area (Å²) >= 11 is 0. The van der Waals surface area contributed by atoms with Crippen LogP contribution in [-0.2, 0) is 11.2 Å². The second-order valence-electron chi connectivity index (χ2n) is 5.15. The minimum Gasteiger partial charge on any atom is -0.371 e. The quantitative estimate of drug-likeness (QED) is 0.494. The molecule has 112 valence electrons. The predicted molar refractivity (Wildman–Crippen MR) is 84.4 cm³/mol. The van der Waals surface area contributed by atoms with Crippen molar-refractivity contribution in [3.8, 4) is 0 Å². The van der Waals surface area contributed by atoms with Gasteiger partial charge in [-0.3, -0.25) is 15.1 Å². The molecule has 5 nitrogen and oxygen atoms in total. The molecule has 0 bridgehead atoms. The van der Waals surface area contributed by atoms with Gasteiger partial charge >= 0.3 is 0 Å². The molecule has 0 saturated heterocycles. The van der Waals surface area contributed by atoms with Crippen LogP contribution in [0.2, 0.25) is 0 Å². The van der Waals surface area contributed by atoms with E-state index in [2.05, 4.69) is 17.1 Å². The Labute approximate surface area is 128 Å². The van der Waals surface area contributed by atoms with Crippen molar-refractivity contribution in [3.63, 3.8) is 0 Å². The molecule has 0 saturated carbocycles. The molecule has 0 N–H and O–H groups in total. The summed E-state index contributed by atoms with van der Waals surface area (Å²) in [6.45, 7) is 1.27. The molecule has 0 fully saturated rings. The van der Waals surface area contributed by atoms with Crippen molar-refractivity contribution in [2.45, 2.75) is 12.5 Å². The van der Waals surface area contributed by atoms with Gasteiger partial charge in [-0.25, -0.2) is 0 Å². The molecule has 3 rings (SSSR count). The topological polar surface area (TPSA) is 64.7 Å². The number of aliphatic imine (C=N–C) groups is 1. The molecule has 0 aromatic heterocycles. The monoisotopic (exact) mass is 296 g/mol. The highest BCUT2D eigenvalue weighted by atomic mass is 16.6. The number of nitro benzene ring substituents is 1. The Morgan fingerprint density at radius 3 is 2.77 bits per heavy atom. The summed E-state index contributed by atoms with van der Waals surface area (Å²) in [6.07, 6.45) is 2.66. The SMILES string of the molecule is O=[N+]([O-])c1ccc(C=NCC2OCCc3ccccc32)cc1. The van der Waals surface area contributed by atoms with Gasteiger partial charge in [0, 0.05) is 18.3 Å². The van der Waals surface area contributed by atoms with Crippen LogP contribution in [0.4, 0.5) is 5.69 Å². The fourth-order valence-electron chi connectivity index (χ4n) is 2.56. The van der Waals surface area contributed by atoms with E-state index in [1.807, 2.05) is 12.1 Å². The summed E-state index contributed by atoms with van der Waals surface area (Å²) in [5.41, 5.74) is 3.45. The molecule has 2 aromatic rings. The maximum absolute atomic E-state index is 10.6. The predicted octanol–water partition coefficient (Wildman–Crippen LogP) is 3.33. The molecule has 1 atom stereocenters. The first kappa shape index (κ1) is 14.4. The molecule has 1 unspecified atom stereocenters. The molecular weight excluding hydrogens is 280 g/mol. The van der Waals surface area contributed by atoms with E-state index in [1.54, 1.807) is 18.3 Å². The Hall–Kier alpha value is -2.53. The van der Waals surface area contributed by atoms with E-state index in [4.69, 9.17) is 4.74 Å². The Kier molecular flexibility index (Phi) is 4.25. The van der Waals surface area contributed by atoms with Crippen LogP contribution in [0.15, 0.2) is 53.5 Å². The van der Waals surface area contributed by atoms with E-state index in [0.717, 1.165) is 12.0 Å². The van der Waals surface area contributed by atoms with Gasteiger partial charge in [-0.2, -0.15) is 0 Å². The third-order valence-corrected chi connectivity index (χ3v) is 3.71. The summed E-state index contributed by atoms with van der Waals surface area (Å²) in [7, 11) is 0. The van der Waals surface area contributed by atoms with Gasteiger partial charge < -0.3 is 4.74 Å². The first-order valence-electron chi connectivity index (χ1n) is 7.18. The van der Waals surface area contributed by atoms with Crippen LogP contribution in [0.5, 0.6) is 0 Å². The summed E-state index contributed by atoms with van der Waals surface area (Å²) < 4.78 is 5.79. The number of hydrogen-bond acceptors (Lipinski definition) is 4. The van der Waals surface area contributed by atoms with E-state index >= 15 is 0 Å². The molecule has 1 aliphatic rings. The van der Waals surface area contributed by atoms with Crippen LogP contribution in [0.3, 0.4) is 0 Å². The van der Waals surface area contributed by atoms with E-state index in [9.17, 15) is 10.1 Å². The van der Waals surface area contributed by atoms with Crippen molar-refractivity contribution in [1.29, 1.82) is 0 Å². The number of ether oxygens (including phenoxy) is 1. The fourth-order valence-corrected chi connectivity index (χ4v) is 2.56. The van der Waals surface area contributed by atoms with Crippen LogP contribution < -0.4 is 0 Å². The van der Waals surface area contributed by atoms with Gasteiger partial charge in [0.25, 0.3) is 5.69 Å². The van der Waals surface area contributed by atoms with Crippen molar-refractivity contribution in [2.24, 2.45) is 4.99 Å². The lowest BCUT2D eigenvalue weighted by Gasteiger charge is -2.24. The number of non-ortho nitro benzene ring substituents is 1. The lowest BCUT2D eigenvalue weighted by molar-refractivity contribution is -0.384. The van der Waals surface area contributed by atoms with Crippen LogP contribution in [0.1, 0.15) is 22.8 Å². The first-order chi connectivity index (χ1) is 10.7. The molecule has 22 heavy (non-hydrogen) atoms. The standard InChI is InChI=1S/C17H16N2O3/c20-19(21)15-7-5-13(6-8-15)11-18-12-17-16-4-2-1-3-14(16)9-10-22-17/h1-8,11,17H,9-10,12H2. The van der Waals surface area contributed by atoms with Crippen LogP contribution in [0, 0.1) is 10.1 Å². The van der Waals surface area contributed by atoms with Crippen LogP contribution >= 0.6 is 0 Å². The molecule has 1 heterocycles. The van der Waals surface area contributed by atoms with Gasteiger partial charge in [-0.05, 0) is 35.2 Å². The van der Waals surface area contributed by atoms with Crippen molar-refractivity contribution in [1.82, 2.24) is 0 Å². The maximum Gasteiger partial charge on any atom is 0.269 e. The summed E-state index contributed by atoms with van der Waals surface area (Å²) in [4.78, 5) is 14.6. The average Bonchev–Trinajstić information content (AvgIpc) is 2.55. The Bertz CT molecular complexity index is 695. The molecule has 5 heteroatoms. The lowest BCUT2D eigenvalue weighted by atomic mass is 9.98. The Morgan fingerprint density at radius 1 is 1.23 bits per heavy atom. The molecule has 2 aromatic carbocycles. The highest BCUT2D eigenvalue weighted by Gasteiger charge is 2.19. The summed E-state index contributed by atoms with van der Waals surface area (Å²) in [6, 6.07) is 14.6. The molecule has 1 aliphatic heterocycles. The van der Waals surface area contributed by atoms with Crippen LogP contribution in [0.25, 0.3) is 0 Å². The average molecular weight is 296 g/mol. The molecule has 0 radical (unpaired) electrons. The lowest BCUT2D eigenvalue weighted by Crippen LogP contribution is -2.18. The summed E-state index contributed by atoms with van der Waals surface area (Å²) in [5, 5.41) is 10.6. The minimum atomic E-state index is -0.409. The van der Waals surface area contributed by atoms with E-state index in [1.165, 1.54) is 23.3 Å². The zero-order chi connectivity index (χ0) is 15.4. The number of hydrogen-bond donors (Lipinski definition) is 0. The number of nitro groups is 1. The zero-order valence-corrected chi connectivity index (χ0v) is 12.0.